The minimum Gasteiger partial charge on any atom is -0.378 e. The van der Waals surface area contributed by atoms with Crippen LogP contribution < -0.4 is 9.80 Å². The third kappa shape index (κ3) is 2.65. The first-order chi connectivity index (χ1) is 7.23. The summed E-state index contributed by atoms with van der Waals surface area (Å²) < 4.78 is 31.6. The molecule has 0 fully saturated rings. The molecule has 0 amide bonds. The summed E-state index contributed by atoms with van der Waals surface area (Å²) in [4.78, 5) is 3.33. The Kier molecular flexibility index (Phi) is 3.44. The predicted molar refractivity (Wildman–Crippen MR) is 64.9 cm³/mol. The quantitative estimate of drug-likeness (QED) is 0.806. The second kappa shape index (κ2) is 4.31. The summed E-state index contributed by atoms with van der Waals surface area (Å²) in [5.41, 5.74) is 1.19. The van der Waals surface area contributed by atoms with Crippen LogP contribution in [0.4, 0.5) is 11.4 Å². The summed E-state index contributed by atoms with van der Waals surface area (Å²) in [6.07, 6.45) is 0. The maximum absolute atomic E-state index is 11.2. The van der Waals surface area contributed by atoms with Crippen LogP contribution in [0.5, 0.6) is 0 Å². The fourth-order valence-electron chi connectivity index (χ4n) is 1.36. The maximum atomic E-state index is 11.2. The van der Waals surface area contributed by atoms with E-state index in [4.69, 9.17) is 4.55 Å². The highest BCUT2D eigenvalue weighted by Crippen LogP contribution is 2.27. The molecule has 90 valence electrons. The van der Waals surface area contributed by atoms with Crippen LogP contribution >= 0.6 is 0 Å². The Morgan fingerprint density at radius 3 is 2.00 bits per heavy atom. The second-order valence-corrected chi connectivity index (χ2v) is 5.31. The molecular formula is C10H16N2O3S. The van der Waals surface area contributed by atoms with Gasteiger partial charge in [0.1, 0.15) is 4.90 Å². The Morgan fingerprint density at radius 2 is 1.62 bits per heavy atom. The lowest BCUT2D eigenvalue weighted by Crippen LogP contribution is -2.15. The van der Waals surface area contributed by atoms with E-state index in [1.807, 2.05) is 0 Å². The molecule has 0 aromatic heterocycles. The van der Waals surface area contributed by atoms with Gasteiger partial charge in [0.25, 0.3) is 10.1 Å². The monoisotopic (exact) mass is 244 g/mol. The number of rotatable bonds is 3. The van der Waals surface area contributed by atoms with E-state index >= 15 is 0 Å². The lowest BCUT2D eigenvalue weighted by molar-refractivity contribution is 0.483. The van der Waals surface area contributed by atoms with Gasteiger partial charge in [0.2, 0.25) is 0 Å². The summed E-state index contributed by atoms with van der Waals surface area (Å²) in [6.45, 7) is 0. The average Bonchev–Trinajstić information content (AvgIpc) is 2.15. The van der Waals surface area contributed by atoms with E-state index in [0.29, 0.717) is 5.69 Å². The van der Waals surface area contributed by atoms with Crippen LogP contribution in [0.1, 0.15) is 0 Å². The lowest BCUT2D eigenvalue weighted by Gasteiger charge is -2.19. The molecule has 5 nitrogen and oxygen atoms in total. The summed E-state index contributed by atoms with van der Waals surface area (Å²) >= 11 is 0. The van der Waals surface area contributed by atoms with Crippen LogP contribution in [0.25, 0.3) is 0 Å². The molecule has 16 heavy (non-hydrogen) atoms. The van der Waals surface area contributed by atoms with Crippen LogP contribution in [0, 0.1) is 0 Å². The fraction of sp³-hybridized carbons (Fsp3) is 0.400. The van der Waals surface area contributed by atoms with Gasteiger partial charge in [-0.15, -0.1) is 0 Å². The first-order valence-corrected chi connectivity index (χ1v) is 6.13. The molecule has 0 atom stereocenters. The van der Waals surface area contributed by atoms with Gasteiger partial charge in [-0.05, 0) is 18.2 Å². The van der Waals surface area contributed by atoms with E-state index in [0.717, 1.165) is 5.69 Å². The van der Waals surface area contributed by atoms with Crippen molar-refractivity contribution in [1.29, 1.82) is 0 Å². The third-order valence-electron chi connectivity index (χ3n) is 2.22. The molecule has 0 aliphatic carbocycles. The van der Waals surface area contributed by atoms with Gasteiger partial charge >= 0.3 is 0 Å². The molecule has 1 aromatic carbocycles. The number of hydrogen-bond acceptors (Lipinski definition) is 4. The SMILES string of the molecule is CN(C)c1ccc(N(C)C)c(S(=O)(=O)O)c1. The standard InChI is InChI=1S/C10H16N2O3S/c1-11(2)8-5-6-9(12(3)4)10(7-8)16(13,14)15/h5-7H,1-4H3,(H,13,14,15). The molecule has 0 bridgehead atoms. The molecule has 1 aromatic rings. The normalized spacial score (nSPS) is 11.3. The molecule has 6 heteroatoms. The number of benzene rings is 1. The van der Waals surface area contributed by atoms with E-state index in [2.05, 4.69) is 0 Å². The third-order valence-corrected chi connectivity index (χ3v) is 3.10. The molecule has 1 rings (SSSR count). The highest BCUT2D eigenvalue weighted by atomic mass is 32.2. The largest absolute Gasteiger partial charge is 0.378 e. The van der Waals surface area contributed by atoms with Crippen molar-refractivity contribution >= 4 is 21.5 Å². The zero-order chi connectivity index (χ0) is 12.5. The lowest BCUT2D eigenvalue weighted by atomic mass is 10.2. The summed E-state index contributed by atoms with van der Waals surface area (Å²) in [6, 6.07) is 4.91. The molecule has 0 saturated carbocycles. The van der Waals surface area contributed by atoms with Crippen molar-refractivity contribution in [2.75, 3.05) is 38.0 Å². The van der Waals surface area contributed by atoms with Gasteiger partial charge in [0, 0.05) is 33.9 Å². The van der Waals surface area contributed by atoms with Crippen LogP contribution in [-0.2, 0) is 10.1 Å². The van der Waals surface area contributed by atoms with Crippen molar-refractivity contribution in [2.24, 2.45) is 0 Å². The number of nitrogens with zero attached hydrogens (tertiary/aromatic N) is 2. The molecule has 0 heterocycles. The number of anilines is 2. The van der Waals surface area contributed by atoms with Crippen molar-refractivity contribution in [3.8, 4) is 0 Å². The van der Waals surface area contributed by atoms with Crippen molar-refractivity contribution < 1.29 is 13.0 Å². The highest BCUT2D eigenvalue weighted by molar-refractivity contribution is 7.86. The molecule has 0 aliphatic heterocycles. The number of hydrogen-bond donors (Lipinski definition) is 1. The van der Waals surface area contributed by atoms with E-state index in [1.165, 1.54) is 6.07 Å². The maximum Gasteiger partial charge on any atom is 0.296 e. The van der Waals surface area contributed by atoms with Crippen molar-refractivity contribution in [3.63, 3.8) is 0 Å². The van der Waals surface area contributed by atoms with Gasteiger partial charge < -0.3 is 9.80 Å². The average molecular weight is 244 g/mol. The molecule has 0 unspecified atom stereocenters. The molecule has 0 aliphatic rings. The summed E-state index contributed by atoms with van der Waals surface area (Å²) in [5, 5.41) is 0. The van der Waals surface area contributed by atoms with Crippen molar-refractivity contribution in [3.05, 3.63) is 18.2 Å². The topological polar surface area (TPSA) is 60.9 Å². The van der Waals surface area contributed by atoms with Gasteiger partial charge in [0.15, 0.2) is 0 Å². The summed E-state index contributed by atoms with van der Waals surface area (Å²) in [5.74, 6) is 0. The molecular weight excluding hydrogens is 228 g/mol. The molecule has 1 N–H and O–H groups in total. The van der Waals surface area contributed by atoms with Gasteiger partial charge in [-0.2, -0.15) is 8.42 Å². The van der Waals surface area contributed by atoms with Crippen LogP contribution in [-0.4, -0.2) is 41.2 Å². The zero-order valence-corrected chi connectivity index (χ0v) is 10.6. The summed E-state index contributed by atoms with van der Waals surface area (Å²) in [7, 11) is 2.85. The van der Waals surface area contributed by atoms with Crippen molar-refractivity contribution in [2.45, 2.75) is 4.90 Å². The first-order valence-electron chi connectivity index (χ1n) is 4.69. The van der Waals surface area contributed by atoms with E-state index in [1.54, 1.807) is 50.1 Å². The van der Waals surface area contributed by atoms with E-state index in [-0.39, 0.29) is 4.90 Å². The van der Waals surface area contributed by atoms with Gasteiger partial charge in [-0.25, -0.2) is 0 Å². The minimum absolute atomic E-state index is 0.0799. The van der Waals surface area contributed by atoms with Gasteiger partial charge in [-0.3, -0.25) is 4.55 Å². The van der Waals surface area contributed by atoms with Crippen molar-refractivity contribution in [1.82, 2.24) is 0 Å². The minimum atomic E-state index is -4.20. The Hall–Kier alpha value is -1.27. The van der Waals surface area contributed by atoms with Crippen LogP contribution in [0.2, 0.25) is 0 Å². The fourth-order valence-corrected chi connectivity index (χ4v) is 2.14. The van der Waals surface area contributed by atoms with Crippen LogP contribution in [0.15, 0.2) is 23.1 Å². The Morgan fingerprint density at radius 1 is 1.06 bits per heavy atom. The smallest absolute Gasteiger partial charge is 0.296 e. The van der Waals surface area contributed by atoms with Crippen LogP contribution in [0.3, 0.4) is 0 Å². The molecule has 0 spiro atoms. The zero-order valence-electron chi connectivity index (χ0n) is 9.80. The second-order valence-electron chi connectivity index (χ2n) is 3.92. The van der Waals surface area contributed by atoms with E-state index < -0.39 is 10.1 Å². The first kappa shape index (κ1) is 12.8. The predicted octanol–water partition coefficient (Wildman–Crippen LogP) is 1.07. The molecule has 0 saturated heterocycles. The Labute approximate surface area is 96.0 Å². The Balaban J connectivity index is 3.45. The van der Waals surface area contributed by atoms with Gasteiger partial charge in [-0.1, -0.05) is 0 Å². The molecule has 0 radical (unpaired) electrons. The Bertz CT molecular complexity index is 481. The van der Waals surface area contributed by atoms with Gasteiger partial charge in [0.05, 0.1) is 5.69 Å². The van der Waals surface area contributed by atoms with E-state index in [9.17, 15) is 8.42 Å². The highest BCUT2D eigenvalue weighted by Gasteiger charge is 2.17.